The first kappa shape index (κ1) is 45.2. The number of sulfonamides is 1. The largest absolute Gasteiger partial charge is 0.452 e. The molecule has 2 saturated carbocycles. The summed E-state index contributed by atoms with van der Waals surface area (Å²) in [6.07, 6.45) is 11.1. The van der Waals surface area contributed by atoms with Gasteiger partial charge < -0.3 is 25.0 Å². The molecule has 2 aliphatic carbocycles. The molecule has 67 heavy (non-hydrogen) atoms. The SMILES string of the molecule is CC(C)c1ccccc1[C@@H]1CCC[C@@H]1N1CC2(CCN(c3ccc(C(=O)NS(=O)(=O)c4cc5c(c([N+](=O)[O-])c4)N[C@@H](C4CCC(C)(O)CC4)CC5)c(Oc4cc5cc[nH]c5nc4F)c3)CC2)C1. The molecular formula is C51H60FN7O7S. The van der Waals surface area contributed by atoms with Gasteiger partial charge in [0, 0.05) is 67.7 Å². The van der Waals surface area contributed by atoms with E-state index in [1.807, 2.05) is 6.92 Å². The summed E-state index contributed by atoms with van der Waals surface area (Å²) >= 11 is 0. The third-order valence-corrected chi connectivity index (χ3v) is 17.1. The molecule has 1 amide bonds. The number of nitro benzene ring substituents is 1. The Morgan fingerprint density at radius 1 is 0.985 bits per heavy atom. The molecule has 5 aromatic rings. The molecule has 0 bridgehead atoms. The van der Waals surface area contributed by atoms with Gasteiger partial charge in [0.15, 0.2) is 5.75 Å². The lowest BCUT2D eigenvalue weighted by Gasteiger charge is -2.57. The Bertz CT molecular complexity index is 2820. The first-order valence-electron chi connectivity index (χ1n) is 24.0. The van der Waals surface area contributed by atoms with Crippen molar-refractivity contribution in [1.29, 1.82) is 0 Å². The number of piperidine rings is 1. The fourth-order valence-corrected chi connectivity index (χ4v) is 13.0. The zero-order valence-corrected chi connectivity index (χ0v) is 39.2. The number of aromatic amines is 1. The van der Waals surface area contributed by atoms with Crippen molar-refractivity contribution in [2.75, 3.05) is 36.4 Å². The molecule has 3 atom stereocenters. The number of carbonyl (C=O) groups is 1. The Morgan fingerprint density at radius 2 is 1.75 bits per heavy atom. The van der Waals surface area contributed by atoms with Crippen molar-refractivity contribution in [2.45, 2.75) is 126 Å². The zero-order valence-electron chi connectivity index (χ0n) is 38.4. The third-order valence-electron chi connectivity index (χ3n) is 15.8. The van der Waals surface area contributed by atoms with E-state index >= 15 is 4.39 Å². The first-order valence-corrected chi connectivity index (χ1v) is 25.4. The number of aromatic nitrogens is 2. The zero-order chi connectivity index (χ0) is 46.8. The minimum atomic E-state index is -4.66. The Morgan fingerprint density at radius 3 is 2.49 bits per heavy atom. The number of fused-ring (bicyclic) bond motifs is 2. The van der Waals surface area contributed by atoms with E-state index in [0.29, 0.717) is 60.2 Å². The quantitative estimate of drug-likeness (QED) is 0.0562. The van der Waals surface area contributed by atoms with Crippen molar-refractivity contribution < 1.29 is 32.4 Å². The molecule has 4 fully saturated rings. The normalized spacial score (nSPS) is 25.1. The number of nitrogens with one attached hydrogen (secondary N) is 3. The van der Waals surface area contributed by atoms with Gasteiger partial charge in [-0.2, -0.15) is 9.37 Å². The average Bonchev–Trinajstić information content (AvgIpc) is 3.97. The number of halogens is 1. The van der Waals surface area contributed by atoms with E-state index in [2.05, 4.69) is 67.9 Å². The predicted octanol–water partition coefficient (Wildman–Crippen LogP) is 9.55. The van der Waals surface area contributed by atoms with Gasteiger partial charge in [0.1, 0.15) is 17.1 Å². The third kappa shape index (κ3) is 8.88. The second-order valence-electron chi connectivity index (χ2n) is 20.5. The van der Waals surface area contributed by atoms with E-state index in [-0.39, 0.29) is 40.1 Å². The summed E-state index contributed by atoms with van der Waals surface area (Å²) < 4.78 is 51.8. The number of ether oxygens (including phenoxy) is 1. The Labute approximate surface area is 390 Å². The Kier molecular flexibility index (Phi) is 11.8. The van der Waals surface area contributed by atoms with Crippen molar-refractivity contribution in [3.63, 3.8) is 0 Å². The summed E-state index contributed by atoms with van der Waals surface area (Å²) in [5.74, 6) is -1.04. The highest BCUT2D eigenvalue weighted by Gasteiger charge is 2.49. The molecule has 5 aliphatic rings. The van der Waals surface area contributed by atoms with Gasteiger partial charge in [-0.25, -0.2) is 13.1 Å². The highest BCUT2D eigenvalue weighted by Crippen LogP contribution is 2.49. The van der Waals surface area contributed by atoms with E-state index in [9.17, 15) is 28.4 Å². The van der Waals surface area contributed by atoms with Crippen LogP contribution in [0.5, 0.6) is 11.5 Å². The van der Waals surface area contributed by atoms with Crippen LogP contribution in [0.3, 0.4) is 0 Å². The predicted molar refractivity (Wildman–Crippen MR) is 255 cm³/mol. The summed E-state index contributed by atoms with van der Waals surface area (Å²) in [5, 5.41) is 26.8. The van der Waals surface area contributed by atoms with Crippen LogP contribution in [0.1, 0.15) is 124 Å². The molecule has 16 heteroatoms. The van der Waals surface area contributed by atoms with Crippen LogP contribution in [0.15, 0.2) is 77.8 Å². The lowest BCUT2D eigenvalue weighted by Crippen LogP contribution is -2.63. The van der Waals surface area contributed by atoms with Gasteiger partial charge in [-0.3, -0.25) is 19.8 Å². The molecule has 14 nitrogen and oxygen atoms in total. The number of likely N-dealkylation sites (tertiary alicyclic amines) is 1. The fourth-order valence-electron chi connectivity index (χ4n) is 12.0. The molecule has 1 spiro atoms. The number of rotatable bonds is 11. The molecular weight excluding hydrogens is 874 g/mol. The number of nitro groups is 1. The van der Waals surface area contributed by atoms with E-state index in [1.54, 1.807) is 24.4 Å². The highest BCUT2D eigenvalue weighted by molar-refractivity contribution is 7.90. The van der Waals surface area contributed by atoms with Crippen molar-refractivity contribution in [3.05, 3.63) is 111 Å². The number of aryl methyl sites for hydroxylation is 1. The lowest BCUT2D eigenvalue weighted by molar-refractivity contribution is -0.384. The van der Waals surface area contributed by atoms with Gasteiger partial charge in [-0.05, 0) is 141 Å². The van der Waals surface area contributed by atoms with E-state index < -0.39 is 43.0 Å². The fraction of sp³-hybridized carbons (Fsp3) is 0.490. The number of amides is 1. The molecule has 0 unspecified atom stereocenters. The number of hydrogen-bond donors (Lipinski definition) is 4. The van der Waals surface area contributed by atoms with Crippen LogP contribution in [0.4, 0.5) is 21.5 Å². The molecule has 5 heterocycles. The maximum atomic E-state index is 15.5. The van der Waals surface area contributed by atoms with Gasteiger partial charge in [0.2, 0.25) is 0 Å². The van der Waals surface area contributed by atoms with Crippen molar-refractivity contribution in [2.24, 2.45) is 11.3 Å². The van der Waals surface area contributed by atoms with Crippen molar-refractivity contribution >= 4 is 44.0 Å². The first-order chi connectivity index (χ1) is 32.1. The standard InChI is InChI=1S/C51H60FN7O7S/c1-31(2)37-7-4-5-8-38(37)39-9-6-10-42(39)58-29-51(30-58)20-23-57(24-21-51)35-12-13-40(44(27-35)66-45-26-34-17-22-53-48(34)55-47(45)52)49(60)56-67(64,65)36-25-33-11-14-41(32-15-18-50(3,61)19-16-32)54-46(33)43(28-36)59(62)63/h4-5,7-8,12-13,17,22,25-28,31-32,39,41-42,54,61H,6,9-11,14-16,18-21,23-24,29-30H2,1-3H3,(H,53,55)(H,56,60)/t32?,39-,41+,42-,50?/m0/s1. The number of anilines is 2. The summed E-state index contributed by atoms with van der Waals surface area (Å²) in [7, 11) is -4.66. The maximum absolute atomic E-state index is 15.5. The summed E-state index contributed by atoms with van der Waals surface area (Å²) in [6.45, 7) is 10.0. The van der Waals surface area contributed by atoms with E-state index in [0.717, 1.165) is 63.6 Å². The van der Waals surface area contributed by atoms with Crippen LogP contribution in [0.2, 0.25) is 0 Å². The van der Waals surface area contributed by atoms with E-state index in [4.69, 9.17) is 4.74 Å². The second kappa shape index (κ2) is 17.5. The van der Waals surface area contributed by atoms with Crippen LogP contribution in [0, 0.1) is 27.4 Å². The topological polar surface area (TPSA) is 183 Å². The van der Waals surface area contributed by atoms with Gasteiger partial charge >= 0.3 is 0 Å². The Balaban J connectivity index is 0.866. The monoisotopic (exact) mass is 933 g/mol. The van der Waals surface area contributed by atoms with Gasteiger partial charge in [-0.1, -0.05) is 44.5 Å². The summed E-state index contributed by atoms with van der Waals surface area (Å²) in [6, 6.07) is 19.8. The maximum Gasteiger partial charge on any atom is 0.293 e. The molecule has 10 rings (SSSR count). The smallest absolute Gasteiger partial charge is 0.293 e. The van der Waals surface area contributed by atoms with E-state index in [1.165, 1.54) is 48.6 Å². The van der Waals surface area contributed by atoms with Crippen LogP contribution < -0.4 is 19.7 Å². The molecule has 0 radical (unpaired) electrons. The van der Waals surface area contributed by atoms with Gasteiger partial charge in [-0.15, -0.1) is 0 Å². The number of H-pyrrole nitrogens is 1. The highest BCUT2D eigenvalue weighted by atomic mass is 32.2. The number of carbonyl (C=O) groups excluding carboxylic acids is 1. The average molecular weight is 934 g/mol. The minimum Gasteiger partial charge on any atom is -0.452 e. The van der Waals surface area contributed by atoms with Gasteiger partial charge in [0.25, 0.3) is 27.6 Å². The molecule has 354 valence electrons. The molecule has 2 aromatic heterocycles. The Hall–Kier alpha value is -5.58. The van der Waals surface area contributed by atoms with Crippen LogP contribution in [0.25, 0.3) is 11.0 Å². The number of hydrogen-bond acceptors (Lipinski definition) is 11. The van der Waals surface area contributed by atoms with Crippen molar-refractivity contribution in [1.82, 2.24) is 19.6 Å². The lowest BCUT2D eigenvalue weighted by atomic mass is 9.70. The molecule has 3 aliphatic heterocycles. The number of benzene rings is 3. The number of aliphatic hydroxyl groups is 1. The molecule has 3 aromatic carbocycles. The molecule has 4 N–H and O–H groups in total. The van der Waals surface area contributed by atoms with Gasteiger partial charge in [0.05, 0.1) is 21.0 Å². The number of pyridine rings is 1. The minimum absolute atomic E-state index is 0.0632. The van der Waals surface area contributed by atoms with Crippen LogP contribution >= 0.6 is 0 Å². The van der Waals surface area contributed by atoms with Crippen LogP contribution in [-0.2, 0) is 16.4 Å². The van der Waals surface area contributed by atoms with Crippen LogP contribution in [-0.4, -0.2) is 83.1 Å². The summed E-state index contributed by atoms with van der Waals surface area (Å²) in [5.41, 5.74) is 3.69. The second-order valence-corrected chi connectivity index (χ2v) is 22.2. The number of nitrogens with zero attached hydrogens (tertiary/aromatic N) is 4. The van der Waals surface area contributed by atoms with Crippen molar-refractivity contribution in [3.8, 4) is 11.5 Å². The molecule has 2 saturated heterocycles. The summed E-state index contributed by atoms with van der Waals surface area (Å²) in [4.78, 5) is 37.3.